The van der Waals surface area contributed by atoms with Crippen LogP contribution >= 0.6 is 27.3 Å². The first-order valence-electron chi connectivity index (χ1n) is 5.68. The summed E-state index contributed by atoms with van der Waals surface area (Å²) >= 11 is 4.78. The summed E-state index contributed by atoms with van der Waals surface area (Å²) in [7, 11) is 0. The normalized spacial score (nSPS) is 14.4. The molecule has 0 fully saturated rings. The molecule has 0 saturated carbocycles. The number of ether oxygens (including phenoxy) is 1. The van der Waals surface area contributed by atoms with Crippen molar-refractivity contribution in [3.05, 3.63) is 20.8 Å². The zero-order valence-electron chi connectivity index (χ0n) is 9.98. The number of carbonyl (C=O) groups excluding carboxylic acids is 1. The molecule has 0 spiro atoms. The van der Waals surface area contributed by atoms with Crippen LogP contribution in [0.4, 0.5) is 0 Å². The molecule has 0 saturated heterocycles. The Morgan fingerprint density at radius 2 is 2.29 bits per heavy atom. The highest BCUT2D eigenvalue weighted by Crippen LogP contribution is 2.32. The summed E-state index contributed by atoms with van der Waals surface area (Å²) in [5.74, 6) is -0.781. The van der Waals surface area contributed by atoms with Gasteiger partial charge in [-0.25, -0.2) is 0 Å². The predicted molar refractivity (Wildman–Crippen MR) is 72.0 cm³/mol. The van der Waals surface area contributed by atoms with Crippen molar-refractivity contribution in [3.63, 3.8) is 0 Å². The van der Waals surface area contributed by atoms with Crippen molar-refractivity contribution in [1.82, 2.24) is 0 Å². The summed E-state index contributed by atoms with van der Waals surface area (Å²) < 4.78 is 5.93. The molecule has 17 heavy (non-hydrogen) atoms. The molecular weight excluding hydrogens is 304 g/mol. The lowest BCUT2D eigenvalue weighted by molar-refractivity contribution is -0.152. The predicted octanol–water partition coefficient (Wildman–Crippen LogP) is 3.52. The summed E-state index contributed by atoms with van der Waals surface area (Å²) in [6.45, 7) is 4.11. The van der Waals surface area contributed by atoms with Gasteiger partial charge in [0.1, 0.15) is 6.10 Å². The number of hydrogen-bond donors (Lipinski definition) is 1. The first-order chi connectivity index (χ1) is 8.10. The number of thiophene rings is 1. The van der Waals surface area contributed by atoms with Crippen molar-refractivity contribution in [2.24, 2.45) is 5.92 Å². The van der Waals surface area contributed by atoms with E-state index in [1.807, 2.05) is 18.4 Å². The fourth-order valence-corrected chi connectivity index (χ4v) is 3.14. The molecule has 0 amide bonds. The molecule has 0 radical (unpaired) electrons. The maximum atomic E-state index is 11.8. The van der Waals surface area contributed by atoms with Gasteiger partial charge in [-0.05, 0) is 35.3 Å². The van der Waals surface area contributed by atoms with Gasteiger partial charge in [0, 0.05) is 14.7 Å². The van der Waals surface area contributed by atoms with Gasteiger partial charge in [-0.3, -0.25) is 4.79 Å². The van der Waals surface area contributed by atoms with Gasteiger partial charge in [0.2, 0.25) is 0 Å². The number of hydrogen-bond acceptors (Lipinski definition) is 4. The van der Waals surface area contributed by atoms with Crippen molar-refractivity contribution in [3.8, 4) is 0 Å². The first-order valence-corrected chi connectivity index (χ1v) is 7.36. The van der Waals surface area contributed by atoms with Gasteiger partial charge in [-0.1, -0.05) is 13.3 Å². The summed E-state index contributed by atoms with van der Waals surface area (Å²) in [4.78, 5) is 12.6. The molecule has 1 N–H and O–H groups in total. The third kappa shape index (κ3) is 4.08. The maximum Gasteiger partial charge on any atom is 0.311 e. The summed E-state index contributed by atoms with van der Waals surface area (Å²) in [6.07, 6.45) is 0.702. The fraction of sp³-hybridized carbons (Fsp3) is 0.583. The van der Waals surface area contributed by atoms with Crippen LogP contribution in [0, 0.1) is 5.92 Å². The Kier molecular flexibility index (Phi) is 6.16. The maximum absolute atomic E-state index is 11.8. The van der Waals surface area contributed by atoms with Crippen molar-refractivity contribution in [2.45, 2.75) is 32.8 Å². The molecule has 1 heterocycles. The Morgan fingerprint density at radius 3 is 2.76 bits per heavy atom. The van der Waals surface area contributed by atoms with Crippen LogP contribution in [0.1, 0.15) is 37.7 Å². The standard InChI is InChI=1S/C12H17BrO3S/c1-3-5-9(12(15)16-4-2)11(14)10-6-8(13)7-17-10/h6-7,9,11,14H,3-5H2,1-2H3. The van der Waals surface area contributed by atoms with Gasteiger partial charge < -0.3 is 9.84 Å². The number of carbonyl (C=O) groups is 1. The van der Waals surface area contributed by atoms with Crippen LogP contribution in [0.5, 0.6) is 0 Å². The van der Waals surface area contributed by atoms with Crippen LogP contribution in [0.2, 0.25) is 0 Å². The minimum Gasteiger partial charge on any atom is -0.466 e. The molecule has 1 rings (SSSR count). The Balaban J connectivity index is 2.79. The molecule has 0 aromatic carbocycles. The van der Waals surface area contributed by atoms with E-state index in [1.54, 1.807) is 6.92 Å². The molecule has 1 aromatic heterocycles. The zero-order valence-corrected chi connectivity index (χ0v) is 12.4. The van der Waals surface area contributed by atoms with Crippen LogP contribution < -0.4 is 0 Å². The number of rotatable bonds is 6. The summed E-state index contributed by atoms with van der Waals surface area (Å²) in [6, 6.07) is 1.84. The van der Waals surface area contributed by atoms with Crippen LogP contribution in [-0.2, 0) is 9.53 Å². The average molecular weight is 321 g/mol. The summed E-state index contributed by atoms with van der Waals surface area (Å²) in [5, 5.41) is 12.1. The van der Waals surface area contributed by atoms with Gasteiger partial charge >= 0.3 is 5.97 Å². The van der Waals surface area contributed by atoms with Gasteiger partial charge in [0.05, 0.1) is 12.5 Å². The largest absolute Gasteiger partial charge is 0.466 e. The number of aliphatic hydroxyl groups excluding tert-OH is 1. The Bertz CT molecular complexity index is 364. The fourth-order valence-electron chi connectivity index (χ4n) is 1.65. The van der Waals surface area contributed by atoms with E-state index in [4.69, 9.17) is 4.74 Å². The second-order valence-electron chi connectivity index (χ2n) is 3.76. The molecule has 0 aliphatic heterocycles. The molecule has 0 aliphatic rings. The number of esters is 1. The Hall–Kier alpha value is -0.390. The van der Waals surface area contributed by atoms with Crippen LogP contribution in [0.3, 0.4) is 0 Å². The van der Waals surface area contributed by atoms with Gasteiger partial charge in [0.15, 0.2) is 0 Å². The molecule has 1 aromatic rings. The molecular formula is C12H17BrO3S. The topological polar surface area (TPSA) is 46.5 Å². The van der Waals surface area contributed by atoms with Crippen LogP contribution in [0.25, 0.3) is 0 Å². The van der Waals surface area contributed by atoms with E-state index in [0.29, 0.717) is 13.0 Å². The molecule has 0 bridgehead atoms. The van der Waals surface area contributed by atoms with Crippen molar-refractivity contribution in [1.29, 1.82) is 0 Å². The lowest BCUT2D eigenvalue weighted by Crippen LogP contribution is -2.24. The second-order valence-corrected chi connectivity index (χ2v) is 5.62. The van der Waals surface area contributed by atoms with Gasteiger partial charge in [-0.15, -0.1) is 11.3 Å². The monoisotopic (exact) mass is 320 g/mol. The molecule has 96 valence electrons. The second kappa shape index (κ2) is 7.13. The Morgan fingerprint density at radius 1 is 1.59 bits per heavy atom. The highest BCUT2D eigenvalue weighted by molar-refractivity contribution is 9.10. The van der Waals surface area contributed by atoms with Crippen molar-refractivity contribution in [2.75, 3.05) is 6.61 Å². The van der Waals surface area contributed by atoms with Crippen LogP contribution in [0.15, 0.2) is 15.9 Å². The van der Waals surface area contributed by atoms with E-state index in [-0.39, 0.29) is 5.97 Å². The molecule has 5 heteroatoms. The van der Waals surface area contributed by atoms with E-state index in [2.05, 4.69) is 15.9 Å². The highest BCUT2D eigenvalue weighted by atomic mass is 79.9. The third-order valence-corrected chi connectivity index (χ3v) is 4.21. The lowest BCUT2D eigenvalue weighted by atomic mass is 9.96. The van der Waals surface area contributed by atoms with Gasteiger partial charge in [0.25, 0.3) is 0 Å². The molecule has 2 unspecified atom stereocenters. The zero-order chi connectivity index (χ0) is 12.8. The van der Waals surface area contributed by atoms with E-state index >= 15 is 0 Å². The average Bonchev–Trinajstić information content (AvgIpc) is 2.72. The quantitative estimate of drug-likeness (QED) is 0.816. The van der Waals surface area contributed by atoms with Crippen LogP contribution in [-0.4, -0.2) is 17.7 Å². The summed E-state index contributed by atoms with van der Waals surface area (Å²) in [5.41, 5.74) is 0. The van der Waals surface area contributed by atoms with Crippen molar-refractivity contribution < 1.29 is 14.6 Å². The molecule has 3 nitrogen and oxygen atoms in total. The van der Waals surface area contributed by atoms with E-state index in [0.717, 1.165) is 15.8 Å². The van der Waals surface area contributed by atoms with Gasteiger partial charge in [-0.2, -0.15) is 0 Å². The molecule has 0 aliphatic carbocycles. The number of aliphatic hydroxyl groups is 1. The highest BCUT2D eigenvalue weighted by Gasteiger charge is 2.29. The lowest BCUT2D eigenvalue weighted by Gasteiger charge is -2.19. The SMILES string of the molecule is CCCC(C(=O)OCC)C(O)c1cc(Br)cs1. The van der Waals surface area contributed by atoms with Crippen molar-refractivity contribution >= 4 is 33.2 Å². The minimum atomic E-state index is -0.773. The molecule has 2 atom stereocenters. The van der Waals surface area contributed by atoms with E-state index in [9.17, 15) is 9.90 Å². The van der Waals surface area contributed by atoms with E-state index in [1.165, 1.54) is 11.3 Å². The Labute approximate surface area is 114 Å². The first kappa shape index (κ1) is 14.7. The third-order valence-electron chi connectivity index (χ3n) is 2.45. The smallest absolute Gasteiger partial charge is 0.311 e. The number of halogens is 1. The van der Waals surface area contributed by atoms with E-state index < -0.39 is 12.0 Å². The minimum absolute atomic E-state index is 0.314.